The van der Waals surface area contributed by atoms with Gasteiger partial charge in [0.15, 0.2) is 0 Å². The second kappa shape index (κ2) is 7.02. The van der Waals surface area contributed by atoms with Crippen LogP contribution in [0.4, 0.5) is 0 Å². The number of likely N-dealkylation sites (tertiary alicyclic amines) is 1. The first-order chi connectivity index (χ1) is 12.9. The summed E-state index contributed by atoms with van der Waals surface area (Å²) in [5, 5.41) is 9.19. The van der Waals surface area contributed by atoms with E-state index in [-0.39, 0.29) is 11.8 Å². The van der Waals surface area contributed by atoms with Gasteiger partial charge in [0.25, 0.3) is 0 Å². The van der Waals surface area contributed by atoms with E-state index < -0.39 is 17.7 Å². The van der Waals surface area contributed by atoms with Crippen molar-refractivity contribution in [2.75, 3.05) is 19.3 Å². The fourth-order valence-electron chi connectivity index (χ4n) is 4.25. The maximum Gasteiger partial charge on any atom is 0.307 e. The van der Waals surface area contributed by atoms with Crippen LogP contribution in [0.3, 0.4) is 0 Å². The van der Waals surface area contributed by atoms with Crippen molar-refractivity contribution in [1.82, 2.24) is 4.90 Å². The third-order valence-corrected chi connectivity index (χ3v) is 6.79. The number of aliphatic carboxylic acids is 1. The van der Waals surface area contributed by atoms with Gasteiger partial charge >= 0.3 is 5.97 Å². The van der Waals surface area contributed by atoms with Crippen molar-refractivity contribution in [2.45, 2.75) is 49.9 Å². The Labute approximate surface area is 163 Å². The van der Waals surface area contributed by atoms with Crippen LogP contribution in [-0.2, 0) is 20.9 Å². The molecule has 1 spiro atoms. The highest BCUT2D eigenvalue weighted by atomic mass is 32.2. The van der Waals surface area contributed by atoms with E-state index in [0.717, 1.165) is 16.9 Å². The van der Waals surface area contributed by atoms with Gasteiger partial charge in [-0.3, -0.25) is 9.59 Å². The number of rotatable bonds is 3. The Bertz CT molecular complexity index is 772. The summed E-state index contributed by atoms with van der Waals surface area (Å²) in [5.41, 5.74) is 2.18. The number of thioether (sulfide) groups is 1. The molecule has 2 aliphatic heterocycles. The van der Waals surface area contributed by atoms with Gasteiger partial charge in [0.1, 0.15) is 5.75 Å². The lowest BCUT2D eigenvalue weighted by atomic mass is 9.72. The van der Waals surface area contributed by atoms with Crippen LogP contribution in [0.15, 0.2) is 17.0 Å². The number of nitrogens with zero attached hydrogens (tertiary/aromatic N) is 1. The molecule has 7 heteroatoms. The Morgan fingerprint density at radius 3 is 2.52 bits per heavy atom. The molecule has 1 saturated carbocycles. The van der Waals surface area contributed by atoms with Crippen LogP contribution in [0.5, 0.6) is 5.75 Å². The van der Waals surface area contributed by atoms with Crippen molar-refractivity contribution < 1.29 is 24.2 Å². The lowest BCUT2D eigenvalue weighted by molar-refractivity contribution is -0.229. The highest BCUT2D eigenvalue weighted by Gasteiger charge is 2.47. The third kappa shape index (κ3) is 3.31. The first-order valence-corrected chi connectivity index (χ1v) is 10.7. The number of hydrogen-bond donors (Lipinski definition) is 1. The quantitative estimate of drug-likeness (QED) is 0.798. The molecule has 1 aromatic rings. The zero-order valence-corrected chi connectivity index (χ0v) is 16.5. The average molecular weight is 391 g/mol. The van der Waals surface area contributed by atoms with E-state index >= 15 is 0 Å². The van der Waals surface area contributed by atoms with Crippen LogP contribution in [0.1, 0.15) is 36.8 Å². The molecule has 2 atom stereocenters. The second-order valence-electron chi connectivity index (χ2n) is 7.69. The van der Waals surface area contributed by atoms with Crippen LogP contribution in [0, 0.1) is 18.8 Å². The molecular formula is C20H25NO5S. The molecule has 3 aliphatic rings. The number of ether oxygens (including phenoxy) is 2. The molecular weight excluding hydrogens is 366 g/mol. The number of piperidine rings is 1. The van der Waals surface area contributed by atoms with Crippen LogP contribution in [0.25, 0.3) is 0 Å². The van der Waals surface area contributed by atoms with Gasteiger partial charge in [0.05, 0.1) is 18.4 Å². The molecule has 1 saturated heterocycles. The van der Waals surface area contributed by atoms with Crippen LogP contribution in [0.2, 0.25) is 0 Å². The fraction of sp³-hybridized carbons (Fsp3) is 0.600. The van der Waals surface area contributed by atoms with Gasteiger partial charge in [-0.2, -0.15) is 0 Å². The largest absolute Gasteiger partial charge is 0.481 e. The number of carboxylic acids is 1. The second-order valence-corrected chi connectivity index (χ2v) is 8.57. The highest BCUT2D eigenvalue weighted by molar-refractivity contribution is 7.98. The molecule has 27 heavy (non-hydrogen) atoms. The molecule has 0 bridgehead atoms. The molecule has 0 aromatic heterocycles. The summed E-state index contributed by atoms with van der Waals surface area (Å²) >= 11 is 1.70. The molecule has 4 rings (SSSR count). The van der Waals surface area contributed by atoms with Crippen LogP contribution >= 0.6 is 11.8 Å². The van der Waals surface area contributed by atoms with Crippen molar-refractivity contribution in [2.24, 2.45) is 11.8 Å². The smallest absolute Gasteiger partial charge is 0.307 e. The van der Waals surface area contributed by atoms with E-state index in [1.54, 1.807) is 16.7 Å². The summed E-state index contributed by atoms with van der Waals surface area (Å²) < 4.78 is 12.4. The van der Waals surface area contributed by atoms with E-state index in [2.05, 4.69) is 25.3 Å². The SMILES string of the molecule is CSc1cc(C)c2c(c1)COC1(CCN(C(=O)C3CCC3C(=O)O)CC1)O2. The number of hydrogen-bond acceptors (Lipinski definition) is 5. The Morgan fingerprint density at radius 1 is 1.22 bits per heavy atom. The van der Waals surface area contributed by atoms with Crippen molar-refractivity contribution in [3.8, 4) is 5.75 Å². The molecule has 1 N–H and O–H groups in total. The lowest BCUT2D eigenvalue weighted by Gasteiger charge is -2.46. The fourth-order valence-corrected chi connectivity index (χ4v) is 4.80. The summed E-state index contributed by atoms with van der Waals surface area (Å²) in [6.07, 6.45) is 4.54. The summed E-state index contributed by atoms with van der Waals surface area (Å²) in [4.78, 5) is 26.9. The summed E-state index contributed by atoms with van der Waals surface area (Å²) in [7, 11) is 0. The average Bonchev–Trinajstić information content (AvgIpc) is 2.61. The zero-order valence-electron chi connectivity index (χ0n) is 15.7. The standard InChI is InChI=1S/C20H25NO5S/c1-12-9-14(27-2)10-13-11-25-20(26-17(12)13)5-7-21(8-6-20)18(22)15-3-4-16(15)19(23)24/h9-10,15-16H,3-8,11H2,1-2H3,(H,23,24). The molecule has 146 valence electrons. The first-order valence-electron chi connectivity index (χ1n) is 9.44. The monoisotopic (exact) mass is 391 g/mol. The topological polar surface area (TPSA) is 76.1 Å². The highest BCUT2D eigenvalue weighted by Crippen LogP contribution is 2.42. The number of amides is 1. The Kier molecular flexibility index (Phi) is 4.84. The summed E-state index contributed by atoms with van der Waals surface area (Å²) in [6, 6.07) is 4.24. The Balaban J connectivity index is 1.42. The molecule has 1 aliphatic carbocycles. The Morgan fingerprint density at radius 2 is 1.93 bits per heavy atom. The van der Waals surface area contributed by atoms with Crippen molar-refractivity contribution in [3.63, 3.8) is 0 Å². The number of fused-ring (bicyclic) bond motifs is 1. The van der Waals surface area contributed by atoms with Gasteiger partial charge in [-0.1, -0.05) is 0 Å². The minimum absolute atomic E-state index is 0.0273. The van der Waals surface area contributed by atoms with Crippen molar-refractivity contribution >= 4 is 23.6 Å². The molecule has 2 fully saturated rings. The first kappa shape index (κ1) is 18.6. The maximum atomic E-state index is 12.7. The van der Waals surface area contributed by atoms with Gasteiger partial charge in [-0.15, -0.1) is 11.8 Å². The summed E-state index contributed by atoms with van der Waals surface area (Å²) in [5.74, 6) is -1.54. The predicted octanol–water partition coefficient (Wildman–Crippen LogP) is 3.06. The van der Waals surface area contributed by atoms with E-state index in [1.807, 2.05) is 0 Å². The molecule has 0 radical (unpaired) electrons. The van der Waals surface area contributed by atoms with Gasteiger partial charge in [-0.25, -0.2) is 0 Å². The number of benzene rings is 1. The van der Waals surface area contributed by atoms with Gasteiger partial charge in [0.2, 0.25) is 11.7 Å². The van der Waals surface area contributed by atoms with Crippen molar-refractivity contribution in [3.05, 3.63) is 23.3 Å². The molecule has 6 nitrogen and oxygen atoms in total. The van der Waals surface area contributed by atoms with Gasteiger partial charge < -0.3 is 19.5 Å². The molecule has 1 amide bonds. The minimum atomic E-state index is -0.858. The molecule has 1 aromatic carbocycles. The van der Waals surface area contributed by atoms with Crippen molar-refractivity contribution in [1.29, 1.82) is 0 Å². The van der Waals surface area contributed by atoms with Gasteiger partial charge in [0, 0.05) is 36.4 Å². The predicted molar refractivity (Wildman–Crippen MR) is 101 cm³/mol. The van der Waals surface area contributed by atoms with Crippen LogP contribution < -0.4 is 4.74 Å². The molecule has 2 unspecified atom stereocenters. The van der Waals surface area contributed by atoms with Gasteiger partial charge in [-0.05, 0) is 43.7 Å². The number of carbonyl (C=O) groups excluding carboxylic acids is 1. The lowest BCUT2D eigenvalue weighted by Crippen LogP contribution is -2.55. The number of aryl methyl sites for hydroxylation is 1. The van der Waals surface area contributed by atoms with Crippen LogP contribution in [-0.4, -0.2) is 47.0 Å². The van der Waals surface area contributed by atoms with E-state index in [9.17, 15) is 14.7 Å². The summed E-state index contributed by atoms with van der Waals surface area (Å²) in [6.45, 7) is 3.65. The number of carboxylic acid groups (broad SMARTS) is 1. The third-order valence-electron chi connectivity index (χ3n) is 6.09. The molecule has 2 heterocycles. The zero-order chi connectivity index (χ0) is 19.2. The minimum Gasteiger partial charge on any atom is -0.481 e. The normalized spacial score (nSPS) is 26.1. The van der Waals surface area contributed by atoms with E-state index in [0.29, 0.717) is 45.4 Å². The number of carbonyl (C=O) groups is 2. The Hall–Kier alpha value is -1.73. The van der Waals surface area contributed by atoms with E-state index in [4.69, 9.17) is 9.47 Å². The maximum absolute atomic E-state index is 12.7. The van der Waals surface area contributed by atoms with E-state index in [1.165, 1.54) is 4.90 Å².